The number of quaternary nitrogens is 1. The van der Waals surface area contributed by atoms with E-state index in [1.165, 1.54) is 109 Å². The Morgan fingerprint density at radius 3 is 1.45 bits per heavy atom. The molecular formula is C32H69NO6P+. The predicted octanol–water partition coefficient (Wildman–Crippen LogP) is 9.07. The number of nitrogens with zero attached hydrogens (tertiary/aromatic N) is 1. The molecule has 40 heavy (non-hydrogen) atoms. The van der Waals surface area contributed by atoms with E-state index < -0.39 is 7.82 Å². The molecule has 0 aromatic carbocycles. The first-order valence-corrected chi connectivity index (χ1v) is 18.3. The number of hydrogen-bond donors (Lipinski definition) is 1. The molecule has 0 amide bonds. The van der Waals surface area contributed by atoms with Crippen LogP contribution in [0.3, 0.4) is 0 Å². The van der Waals surface area contributed by atoms with Gasteiger partial charge in [0.25, 0.3) is 0 Å². The molecule has 0 radical (unpaired) electrons. The summed E-state index contributed by atoms with van der Waals surface area (Å²) in [6.07, 6.45) is 25.3. The number of phosphoric acid groups is 1. The first-order chi connectivity index (χ1) is 19.2. The van der Waals surface area contributed by atoms with Crippen LogP contribution in [-0.2, 0) is 23.1 Å². The van der Waals surface area contributed by atoms with Crippen LogP contribution in [0.2, 0.25) is 0 Å². The fourth-order valence-electron chi connectivity index (χ4n) is 4.53. The molecule has 0 heterocycles. The van der Waals surface area contributed by atoms with Gasteiger partial charge in [0.1, 0.15) is 19.3 Å². The van der Waals surface area contributed by atoms with Gasteiger partial charge in [-0.2, -0.15) is 0 Å². The average Bonchev–Trinajstić information content (AvgIpc) is 2.89. The monoisotopic (exact) mass is 594 g/mol. The Kier molecular flexibility index (Phi) is 27.8. The van der Waals surface area contributed by atoms with Gasteiger partial charge >= 0.3 is 7.82 Å². The Hall–Kier alpha value is -0.0100. The molecule has 0 saturated carbocycles. The van der Waals surface area contributed by atoms with Crippen LogP contribution < -0.4 is 0 Å². The summed E-state index contributed by atoms with van der Waals surface area (Å²) in [5.74, 6) is 0. The second kappa shape index (κ2) is 27.8. The highest BCUT2D eigenvalue weighted by Gasteiger charge is 2.25. The van der Waals surface area contributed by atoms with Gasteiger partial charge in [0.2, 0.25) is 0 Å². The molecule has 8 heteroatoms. The third kappa shape index (κ3) is 30.9. The summed E-state index contributed by atoms with van der Waals surface area (Å²) in [6, 6.07) is 0. The second-order valence-corrected chi connectivity index (χ2v) is 14.0. The lowest BCUT2D eigenvalue weighted by Crippen LogP contribution is -2.37. The van der Waals surface area contributed by atoms with Crippen molar-refractivity contribution in [2.75, 3.05) is 60.7 Å². The number of rotatable bonds is 32. The minimum atomic E-state index is -4.12. The van der Waals surface area contributed by atoms with Crippen molar-refractivity contribution in [3.63, 3.8) is 0 Å². The summed E-state index contributed by atoms with van der Waals surface area (Å²) in [7, 11) is 1.91. The first kappa shape index (κ1) is 40.0. The number of unbranched alkanes of at least 4 members (excludes halogenated alkanes) is 18. The minimum absolute atomic E-state index is 0.00601. The number of likely N-dealkylation sites (N-methyl/N-ethyl adjacent to an activating group) is 1. The van der Waals surface area contributed by atoms with Crippen LogP contribution in [-0.4, -0.2) is 76.2 Å². The molecule has 2 unspecified atom stereocenters. The Balaban J connectivity index is 4.18. The molecule has 0 spiro atoms. The molecule has 1 N–H and O–H groups in total. The average molecular weight is 595 g/mol. The zero-order chi connectivity index (χ0) is 29.8. The van der Waals surface area contributed by atoms with Gasteiger partial charge in [0.05, 0.1) is 34.4 Å². The molecule has 0 aromatic heterocycles. The molecular weight excluding hydrogens is 525 g/mol. The Bertz CT molecular complexity index is 572. The summed E-state index contributed by atoms with van der Waals surface area (Å²) in [5, 5.41) is 0. The van der Waals surface area contributed by atoms with Crippen molar-refractivity contribution in [3.8, 4) is 0 Å². The normalized spacial score (nSPS) is 14.4. The van der Waals surface area contributed by atoms with Crippen molar-refractivity contribution < 1.29 is 32.5 Å². The highest BCUT2D eigenvalue weighted by molar-refractivity contribution is 7.47. The molecule has 0 aromatic rings. The van der Waals surface area contributed by atoms with Crippen LogP contribution >= 0.6 is 7.82 Å². The van der Waals surface area contributed by atoms with Gasteiger partial charge in [0, 0.05) is 13.2 Å². The lowest BCUT2D eigenvalue weighted by atomic mass is 10.1. The van der Waals surface area contributed by atoms with E-state index in [0.717, 1.165) is 19.3 Å². The quantitative estimate of drug-likeness (QED) is 0.0476. The smallest absolute Gasteiger partial charge is 0.379 e. The molecule has 0 aliphatic rings. The van der Waals surface area contributed by atoms with E-state index in [1.54, 1.807) is 0 Å². The zero-order valence-electron chi connectivity index (χ0n) is 27.3. The van der Waals surface area contributed by atoms with Crippen LogP contribution in [0.25, 0.3) is 0 Å². The van der Waals surface area contributed by atoms with E-state index in [1.807, 2.05) is 21.1 Å². The SMILES string of the molecule is CCCCCCCCCCCCOCC(COP(=O)(O)OCC[N+](C)(C)C)OCCCCCCCCCCCC. The standard InChI is InChI=1S/C32H68NO6P/c1-6-8-10-12-14-16-18-20-22-24-27-36-30-32(31-39-40(34,35)38-29-26-33(3,4)5)37-28-25-23-21-19-17-15-13-11-9-7-2/h32H,6-31H2,1-5H3/p+1. The van der Waals surface area contributed by atoms with Crippen molar-refractivity contribution in [2.24, 2.45) is 0 Å². The maximum absolute atomic E-state index is 12.3. The maximum Gasteiger partial charge on any atom is 0.472 e. The molecule has 0 fully saturated rings. The Morgan fingerprint density at radius 2 is 1.00 bits per heavy atom. The van der Waals surface area contributed by atoms with Crippen molar-refractivity contribution in [1.82, 2.24) is 0 Å². The molecule has 242 valence electrons. The highest BCUT2D eigenvalue weighted by atomic mass is 31.2. The van der Waals surface area contributed by atoms with E-state index >= 15 is 0 Å². The zero-order valence-corrected chi connectivity index (χ0v) is 28.2. The van der Waals surface area contributed by atoms with Gasteiger partial charge in [-0.1, -0.05) is 129 Å². The van der Waals surface area contributed by atoms with Crippen LogP contribution in [0.15, 0.2) is 0 Å². The van der Waals surface area contributed by atoms with Crippen molar-refractivity contribution in [1.29, 1.82) is 0 Å². The van der Waals surface area contributed by atoms with Crippen molar-refractivity contribution in [2.45, 2.75) is 148 Å². The summed E-state index contributed by atoms with van der Waals surface area (Å²) in [6.45, 7) is 6.96. The lowest BCUT2D eigenvalue weighted by molar-refractivity contribution is -0.870. The predicted molar refractivity (Wildman–Crippen MR) is 169 cm³/mol. The van der Waals surface area contributed by atoms with Crippen LogP contribution in [0.4, 0.5) is 0 Å². The Labute approximate surface area is 249 Å². The molecule has 7 nitrogen and oxygen atoms in total. The lowest BCUT2D eigenvalue weighted by Gasteiger charge is -2.24. The van der Waals surface area contributed by atoms with Gasteiger partial charge in [-0.3, -0.25) is 9.05 Å². The Morgan fingerprint density at radius 1 is 0.575 bits per heavy atom. The van der Waals surface area contributed by atoms with E-state index in [-0.39, 0.29) is 19.3 Å². The maximum atomic E-state index is 12.3. The molecule has 0 aliphatic carbocycles. The number of phosphoric ester groups is 1. The van der Waals surface area contributed by atoms with Crippen LogP contribution in [0, 0.1) is 0 Å². The largest absolute Gasteiger partial charge is 0.472 e. The van der Waals surface area contributed by atoms with Gasteiger partial charge < -0.3 is 18.9 Å². The van der Waals surface area contributed by atoms with Crippen LogP contribution in [0.5, 0.6) is 0 Å². The molecule has 0 bridgehead atoms. The minimum Gasteiger partial charge on any atom is -0.379 e. The van der Waals surface area contributed by atoms with E-state index in [2.05, 4.69) is 13.8 Å². The molecule has 2 atom stereocenters. The molecule has 0 aliphatic heterocycles. The summed E-state index contributed by atoms with van der Waals surface area (Å²) in [5.41, 5.74) is 0. The topological polar surface area (TPSA) is 74.2 Å². The van der Waals surface area contributed by atoms with E-state index in [0.29, 0.717) is 30.8 Å². The van der Waals surface area contributed by atoms with Crippen molar-refractivity contribution >= 4 is 7.82 Å². The highest BCUT2D eigenvalue weighted by Crippen LogP contribution is 2.43. The van der Waals surface area contributed by atoms with Gasteiger partial charge in [0.15, 0.2) is 0 Å². The third-order valence-electron chi connectivity index (χ3n) is 7.24. The third-order valence-corrected chi connectivity index (χ3v) is 8.22. The van der Waals surface area contributed by atoms with Gasteiger partial charge in [-0.15, -0.1) is 0 Å². The number of hydrogen-bond acceptors (Lipinski definition) is 5. The summed E-state index contributed by atoms with van der Waals surface area (Å²) >= 11 is 0. The van der Waals surface area contributed by atoms with E-state index in [4.69, 9.17) is 18.5 Å². The summed E-state index contributed by atoms with van der Waals surface area (Å²) < 4.78 is 35.4. The fourth-order valence-corrected chi connectivity index (χ4v) is 5.28. The molecule has 0 rings (SSSR count). The fraction of sp³-hybridized carbons (Fsp3) is 1.00. The van der Waals surface area contributed by atoms with E-state index in [9.17, 15) is 9.46 Å². The van der Waals surface area contributed by atoms with Gasteiger partial charge in [-0.05, 0) is 12.8 Å². The number of ether oxygens (including phenoxy) is 2. The van der Waals surface area contributed by atoms with Gasteiger partial charge in [-0.25, -0.2) is 4.57 Å². The summed E-state index contributed by atoms with van der Waals surface area (Å²) in [4.78, 5) is 10.1. The van der Waals surface area contributed by atoms with Crippen LogP contribution in [0.1, 0.15) is 142 Å². The molecule has 0 saturated heterocycles. The second-order valence-electron chi connectivity index (χ2n) is 12.5. The van der Waals surface area contributed by atoms with Crippen molar-refractivity contribution in [3.05, 3.63) is 0 Å². The first-order valence-electron chi connectivity index (χ1n) is 16.8.